The van der Waals surface area contributed by atoms with Gasteiger partial charge < -0.3 is 10.0 Å². The van der Waals surface area contributed by atoms with Gasteiger partial charge in [0.2, 0.25) is 0 Å². The van der Waals surface area contributed by atoms with Gasteiger partial charge in [0.05, 0.1) is 11.1 Å². The Balaban J connectivity index is 2.25. The van der Waals surface area contributed by atoms with E-state index in [0.29, 0.717) is 6.54 Å². The summed E-state index contributed by atoms with van der Waals surface area (Å²) in [6.07, 6.45) is 4.09. The first kappa shape index (κ1) is 14.5. The third-order valence-corrected chi connectivity index (χ3v) is 3.81. The fraction of sp³-hybridized carbons (Fsp3) is 0.467. The summed E-state index contributed by atoms with van der Waals surface area (Å²) in [6, 6.07) is 3.60. The average Bonchev–Trinajstić information content (AvgIpc) is 2.93. The van der Waals surface area contributed by atoms with E-state index < -0.39 is 11.8 Å². The molecule has 1 aromatic carbocycles. The maximum atomic E-state index is 13.9. The zero-order valence-corrected chi connectivity index (χ0v) is 11.4. The maximum Gasteiger partial charge on any atom is 0.335 e. The molecule has 0 saturated heterocycles. The zero-order chi connectivity index (χ0) is 14.7. The summed E-state index contributed by atoms with van der Waals surface area (Å²) in [6.45, 7) is 2.41. The molecule has 0 heterocycles. The number of carbonyl (C=O) groups excluding carboxylic acids is 1. The minimum absolute atomic E-state index is 0.0521. The summed E-state index contributed by atoms with van der Waals surface area (Å²) in [7, 11) is 0. The van der Waals surface area contributed by atoms with E-state index in [4.69, 9.17) is 5.11 Å². The lowest BCUT2D eigenvalue weighted by molar-refractivity contribution is 0.0676. The summed E-state index contributed by atoms with van der Waals surface area (Å²) in [5, 5.41) is 8.80. The number of nitrogens with zero attached hydrogens (tertiary/aromatic N) is 1. The molecule has 1 N–H and O–H groups in total. The second-order valence-corrected chi connectivity index (χ2v) is 5.03. The second kappa shape index (κ2) is 6.03. The van der Waals surface area contributed by atoms with Crippen LogP contribution in [0.25, 0.3) is 0 Å². The molecule has 1 aliphatic rings. The number of carbonyl (C=O) groups is 2. The van der Waals surface area contributed by atoms with Gasteiger partial charge in [0.1, 0.15) is 5.82 Å². The van der Waals surface area contributed by atoms with Crippen LogP contribution in [0.5, 0.6) is 0 Å². The van der Waals surface area contributed by atoms with Crippen molar-refractivity contribution in [1.29, 1.82) is 0 Å². The highest BCUT2D eigenvalue weighted by molar-refractivity contribution is 5.96. The van der Waals surface area contributed by atoms with Crippen molar-refractivity contribution in [2.45, 2.75) is 38.6 Å². The third-order valence-electron chi connectivity index (χ3n) is 3.81. The highest BCUT2D eigenvalue weighted by atomic mass is 19.1. The Hall–Kier alpha value is -1.91. The number of aromatic carboxylic acids is 1. The van der Waals surface area contributed by atoms with Crippen LogP contribution in [0.1, 0.15) is 53.3 Å². The van der Waals surface area contributed by atoms with E-state index in [0.717, 1.165) is 31.7 Å². The van der Waals surface area contributed by atoms with Crippen molar-refractivity contribution >= 4 is 11.9 Å². The van der Waals surface area contributed by atoms with Gasteiger partial charge in [0.25, 0.3) is 5.91 Å². The normalized spacial score (nSPS) is 15.3. The first-order valence-electron chi connectivity index (χ1n) is 6.88. The summed E-state index contributed by atoms with van der Waals surface area (Å²) < 4.78 is 13.9. The highest BCUT2D eigenvalue weighted by Crippen LogP contribution is 2.25. The monoisotopic (exact) mass is 279 g/mol. The van der Waals surface area contributed by atoms with Crippen LogP contribution in [-0.4, -0.2) is 34.5 Å². The number of halogens is 1. The molecule has 1 saturated carbocycles. The fourth-order valence-corrected chi connectivity index (χ4v) is 2.76. The van der Waals surface area contributed by atoms with E-state index in [1.54, 1.807) is 4.90 Å². The summed E-state index contributed by atoms with van der Waals surface area (Å²) in [4.78, 5) is 24.9. The number of amides is 1. The fourth-order valence-electron chi connectivity index (χ4n) is 2.76. The van der Waals surface area contributed by atoms with Crippen LogP contribution < -0.4 is 0 Å². The molecule has 1 aliphatic carbocycles. The average molecular weight is 279 g/mol. The maximum absolute atomic E-state index is 13.9. The van der Waals surface area contributed by atoms with Crippen molar-refractivity contribution in [2.24, 2.45) is 0 Å². The Morgan fingerprint density at radius 1 is 1.35 bits per heavy atom. The van der Waals surface area contributed by atoms with Crippen LogP contribution in [0.15, 0.2) is 18.2 Å². The second-order valence-electron chi connectivity index (χ2n) is 5.03. The van der Waals surface area contributed by atoms with Crippen LogP contribution in [0, 0.1) is 5.82 Å². The van der Waals surface area contributed by atoms with E-state index in [-0.39, 0.29) is 23.1 Å². The van der Waals surface area contributed by atoms with Gasteiger partial charge in [0, 0.05) is 12.6 Å². The predicted octanol–water partition coefficient (Wildman–Crippen LogP) is 2.93. The molecule has 2 rings (SSSR count). The van der Waals surface area contributed by atoms with E-state index in [1.807, 2.05) is 6.92 Å². The Bertz CT molecular complexity index is 524. The van der Waals surface area contributed by atoms with Crippen molar-refractivity contribution in [1.82, 2.24) is 4.90 Å². The molecule has 0 aliphatic heterocycles. The van der Waals surface area contributed by atoms with Gasteiger partial charge in [-0.2, -0.15) is 0 Å². The molecule has 0 unspecified atom stereocenters. The zero-order valence-electron chi connectivity index (χ0n) is 11.4. The molecule has 4 nitrogen and oxygen atoms in total. The van der Waals surface area contributed by atoms with Gasteiger partial charge in [-0.05, 0) is 38.0 Å². The lowest BCUT2D eigenvalue weighted by Gasteiger charge is -2.27. The Morgan fingerprint density at radius 3 is 2.50 bits per heavy atom. The van der Waals surface area contributed by atoms with Gasteiger partial charge in [-0.3, -0.25) is 4.79 Å². The molecule has 0 atom stereocenters. The lowest BCUT2D eigenvalue weighted by atomic mass is 10.1. The number of hydrogen-bond donors (Lipinski definition) is 1. The van der Waals surface area contributed by atoms with Crippen LogP contribution in [-0.2, 0) is 0 Å². The Morgan fingerprint density at radius 2 is 2.00 bits per heavy atom. The first-order valence-corrected chi connectivity index (χ1v) is 6.88. The minimum Gasteiger partial charge on any atom is -0.478 e. The van der Waals surface area contributed by atoms with Crippen molar-refractivity contribution < 1.29 is 19.1 Å². The molecular formula is C15H18FNO3. The van der Waals surface area contributed by atoms with Gasteiger partial charge in [-0.15, -0.1) is 0 Å². The van der Waals surface area contributed by atoms with Gasteiger partial charge >= 0.3 is 5.97 Å². The summed E-state index contributed by atoms with van der Waals surface area (Å²) >= 11 is 0. The molecule has 20 heavy (non-hydrogen) atoms. The van der Waals surface area contributed by atoms with Gasteiger partial charge in [-0.25, -0.2) is 9.18 Å². The standard InChI is InChI=1S/C15H18FNO3/c1-2-17(11-5-3-4-6-11)14(18)12-8-7-10(15(19)20)9-13(12)16/h7-9,11H,2-6H2,1H3,(H,19,20). The van der Waals surface area contributed by atoms with Crippen LogP contribution in [0.3, 0.4) is 0 Å². The number of hydrogen-bond acceptors (Lipinski definition) is 2. The SMILES string of the molecule is CCN(C(=O)c1ccc(C(=O)O)cc1F)C1CCCC1. The van der Waals surface area contributed by atoms with Crippen molar-refractivity contribution in [3.8, 4) is 0 Å². The largest absolute Gasteiger partial charge is 0.478 e. The number of carboxylic acids is 1. The minimum atomic E-state index is -1.20. The van der Waals surface area contributed by atoms with Gasteiger partial charge in [0.15, 0.2) is 0 Å². The lowest BCUT2D eigenvalue weighted by Crippen LogP contribution is -2.39. The molecule has 1 aromatic rings. The predicted molar refractivity (Wildman–Crippen MR) is 72.3 cm³/mol. The molecule has 0 aromatic heterocycles. The summed E-state index contributed by atoms with van der Waals surface area (Å²) in [5.41, 5.74) is -0.202. The van der Waals surface area contributed by atoms with E-state index in [1.165, 1.54) is 12.1 Å². The van der Waals surface area contributed by atoms with Crippen LogP contribution in [0.4, 0.5) is 4.39 Å². The number of carboxylic acid groups (broad SMARTS) is 1. The molecule has 0 bridgehead atoms. The molecule has 108 valence electrons. The smallest absolute Gasteiger partial charge is 0.335 e. The van der Waals surface area contributed by atoms with Crippen LogP contribution >= 0.6 is 0 Å². The molecule has 0 radical (unpaired) electrons. The van der Waals surface area contributed by atoms with Crippen LogP contribution in [0.2, 0.25) is 0 Å². The summed E-state index contributed by atoms with van der Waals surface area (Å²) in [5.74, 6) is -2.33. The van der Waals surface area contributed by atoms with Crippen molar-refractivity contribution in [3.63, 3.8) is 0 Å². The van der Waals surface area contributed by atoms with E-state index >= 15 is 0 Å². The van der Waals surface area contributed by atoms with E-state index in [2.05, 4.69) is 0 Å². The number of benzene rings is 1. The van der Waals surface area contributed by atoms with E-state index in [9.17, 15) is 14.0 Å². The topological polar surface area (TPSA) is 57.6 Å². The Labute approximate surface area is 117 Å². The van der Waals surface area contributed by atoms with Crippen molar-refractivity contribution in [2.75, 3.05) is 6.54 Å². The number of rotatable bonds is 4. The molecule has 0 spiro atoms. The molecular weight excluding hydrogens is 261 g/mol. The molecule has 5 heteroatoms. The van der Waals surface area contributed by atoms with Crippen molar-refractivity contribution in [3.05, 3.63) is 35.1 Å². The first-order chi connectivity index (χ1) is 9.54. The third kappa shape index (κ3) is 2.81. The van der Waals surface area contributed by atoms with Gasteiger partial charge in [-0.1, -0.05) is 12.8 Å². The Kier molecular flexibility index (Phi) is 4.37. The molecule has 1 amide bonds. The molecule has 1 fully saturated rings. The quantitative estimate of drug-likeness (QED) is 0.922. The highest BCUT2D eigenvalue weighted by Gasteiger charge is 2.27.